The second-order valence-corrected chi connectivity index (χ2v) is 4.41. The van der Waals surface area contributed by atoms with Gasteiger partial charge in [-0.3, -0.25) is 0 Å². The number of carbonyl (C=O) groups is 1. The van der Waals surface area contributed by atoms with E-state index in [-0.39, 0.29) is 5.97 Å². The quantitative estimate of drug-likeness (QED) is 0.428. The van der Waals surface area contributed by atoms with Crippen molar-refractivity contribution in [3.05, 3.63) is 48.1 Å². The average molecular weight is 274 g/mol. The van der Waals surface area contributed by atoms with Gasteiger partial charge in [0.25, 0.3) is 0 Å². The highest BCUT2D eigenvalue weighted by molar-refractivity contribution is 5.82. The molecule has 3 heteroatoms. The van der Waals surface area contributed by atoms with E-state index in [2.05, 4.69) is 11.7 Å². The summed E-state index contributed by atoms with van der Waals surface area (Å²) in [4.78, 5) is 11.1. The van der Waals surface area contributed by atoms with Gasteiger partial charge >= 0.3 is 5.97 Å². The van der Waals surface area contributed by atoms with Crippen molar-refractivity contribution in [3.63, 3.8) is 0 Å². The predicted octanol–water partition coefficient (Wildman–Crippen LogP) is 4.00. The van der Waals surface area contributed by atoms with Crippen LogP contribution in [0, 0.1) is 0 Å². The zero-order valence-electron chi connectivity index (χ0n) is 12.4. The van der Waals surface area contributed by atoms with Gasteiger partial charge in [0.05, 0.1) is 14.2 Å². The summed E-state index contributed by atoms with van der Waals surface area (Å²) >= 11 is 0. The molecule has 0 spiro atoms. The molecule has 0 N–H and O–H groups in total. The molecule has 0 aromatic heterocycles. The van der Waals surface area contributed by atoms with Gasteiger partial charge in [0.15, 0.2) is 0 Å². The number of unbranched alkanes of at least 4 members (excludes halogenated alkanes) is 1. The summed E-state index contributed by atoms with van der Waals surface area (Å²) in [5, 5.41) is 0. The lowest BCUT2D eigenvalue weighted by atomic mass is 9.99. The SMILES string of the molecule is CCCCC(=CC=CC(=O)OC)c1ccc(OC)cc1. The van der Waals surface area contributed by atoms with Crippen molar-refractivity contribution in [3.8, 4) is 5.75 Å². The third-order valence-electron chi connectivity index (χ3n) is 2.99. The van der Waals surface area contributed by atoms with Crippen LogP contribution in [0.1, 0.15) is 31.7 Å². The van der Waals surface area contributed by atoms with Crippen molar-refractivity contribution >= 4 is 11.5 Å². The van der Waals surface area contributed by atoms with Crippen LogP contribution in [0.15, 0.2) is 42.5 Å². The summed E-state index contributed by atoms with van der Waals surface area (Å²) in [5.74, 6) is 0.500. The molecular formula is C17H22O3. The summed E-state index contributed by atoms with van der Waals surface area (Å²) in [5.41, 5.74) is 2.35. The van der Waals surface area contributed by atoms with Gasteiger partial charge in [0, 0.05) is 6.08 Å². The van der Waals surface area contributed by atoms with Crippen molar-refractivity contribution in [1.82, 2.24) is 0 Å². The minimum Gasteiger partial charge on any atom is -0.497 e. The summed E-state index contributed by atoms with van der Waals surface area (Å²) < 4.78 is 9.74. The first kappa shape index (κ1) is 16.0. The zero-order valence-corrected chi connectivity index (χ0v) is 12.4. The van der Waals surface area contributed by atoms with Crippen LogP contribution in [-0.2, 0) is 9.53 Å². The lowest BCUT2D eigenvalue weighted by Gasteiger charge is -2.07. The fourth-order valence-corrected chi connectivity index (χ4v) is 1.81. The molecule has 0 fully saturated rings. The summed E-state index contributed by atoms with van der Waals surface area (Å²) in [6.07, 6.45) is 8.36. The maximum Gasteiger partial charge on any atom is 0.330 e. The number of carbonyl (C=O) groups excluding carboxylic acids is 1. The van der Waals surface area contributed by atoms with Gasteiger partial charge in [-0.25, -0.2) is 4.79 Å². The van der Waals surface area contributed by atoms with E-state index in [0.717, 1.165) is 30.6 Å². The molecule has 1 rings (SSSR count). The molecule has 0 aliphatic carbocycles. The summed E-state index contributed by atoms with van der Waals surface area (Å²) in [6, 6.07) is 7.96. The predicted molar refractivity (Wildman–Crippen MR) is 81.7 cm³/mol. The molecule has 0 amide bonds. The van der Waals surface area contributed by atoms with E-state index >= 15 is 0 Å². The lowest BCUT2D eigenvalue weighted by Crippen LogP contribution is -1.93. The molecule has 3 nitrogen and oxygen atoms in total. The molecular weight excluding hydrogens is 252 g/mol. The van der Waals surface area contributed by atoms with Crippen molar-refractivity contribution in [1.29, 1.82) is 0 Å². The highest BCUT2D eigenvalue weighted by atomic mass is 16.5. The highest BCUT2D eigenvalue weighted by Gasteiger charge is 2.01. The van der Waals surface area contributed by atoms with Gasteiger partial charge in [-0.1, -0.05) is 37.6 Å². The fourth-order valence-electron chi connectivity index (χ4n) is 1.81. The first-order valence-electron chi connectivity index (χ1n) is 6.80. The minimum absolute atomic E-state index is 0.342. The van der Waals surface area contributed by atoms with Gasteiger partial charge < -0.3 is 9.47 Å². The zero-order chi connectivity index (χ0) is 14.8. The first-order chi connectivity index (χ1) is 9.71. The Kier molecular flexibility index (Phi) is 7.18. The third-order valence-corrected chi connectivity index (χ3v) is 2.99. The Morgan fingerprint density at radius 3 is 2.45 bits per heavy atom. The van der Waals surface area contributed by atoms with E-state index in [4.69, 9.17) is 4.74 Å². The molecule has 0 radical (unpaired) electrons. The molecule has 0 atom stereocenters. The van der Waals surface area contributed by atoms with E-state index in [9.17, 15) is 4.79 Å². The molecule has 0 heterocycles. The van der Waals surface area contributed by atoms with Gasteiger partial charge in [-0.15, -0.1) is 0 Å². The Morgan fingerprint density at radius 1 is 1.20 bits per heavy atom. The number of hydrogen-bond acceptors (Lipinski definition) is 3. The van der Waals surface area contributed by atoms with E-state index in [1.807, 2.05) is 30.3 Å². The molecule has 0 aliphatic heterocycles. The van der Waals surface area contributed by atoms with Crippen LogP contribution in [0.4, 0.5) is 0 Å². The van der Waals surface area contributed by atoms with E-state index in [1.165, 1.54) is 18.8 Å². The molecule has 1 aromatic rings. The molecule has 108 valence electrons. The summed E-state index contributed by atoms with van der Waals surface area (Å²) in [6.45, 7) is 2.16. The molecule has 0 aliphatic rings. The van der Waals surface area contributed by atoms with Crippen LogP contribution in [-0.4, -0.2) is 20.2 Å². The third kappa shape index (κ3) is 5.31. The maximum atomic E-state index is 11.1. The Balaban J connectivity index is 2.89. The second kappa shape index (κ2) is 8.97. The molecule has 0 unspecified atom stereocenters. The van der Waals surface area contributed by atoms with Crippen LogP contribution >= 0.6 is 0 Å². The van der Waals surface area contributed by atoms with Gasteiger partial charge in [-0.2, -0.15) is 0 Å². The average Bonchev–Trinajstić information content (AvgIpc) is 2.50. The van der Waals surface area contributed by atoms with Gasteiger partial charge in [0.2, 0.25) is 0 Å². The fraction of sp³-hybridized carbons (Fsp3) is 0.353. The number of hydrogen-bond donors (Lipinski definition) is 0. The number of methoxy groups -OCH3 is 2. The lowest BCUT2D eigenvalue weighted by molar-refractivity contribution is -0.134. The van der Waals surface area contributed by atoms with Gasteiger partial charge in [-0.05, 0) is 36.1 Å². The standard InChI is InChI=1S/C17H22O3/c1-4-5-7-14(8-6-9-17(18)20-3)15-10-12-16(19-2)13-11-15/h6,8-13H,4-5,7H2,1-3H3. The number of rotatable bonds is 7. The number of ether oxygens (including phenoxy) is 2. The Hall–Kier alpha value is -2.03. The van der Waals surface area contributed by atoms with Crippen molar-refractivity contribution < 1.29 is 14.3 Å². The monoisotopic (exact) mass is 274 g/mol. The Labute approximate surface area is 120 Å². The smallest absolute Gasteiger partial charge is 0.330 e. The highest BCUT2D eigenvalue weighted by Crippen LogP contribution is 2.23. The van der Waals surface area contributed by atoms with Crippen molar-refractivity contribution in [2.45, 2.75) is 26.2 Å². The van der Waals surface area contributed by atoms with Crippen molar-refractivity contribution in [2.24, 2.45) is 0 Å². The molecule has 0 saturated heterocycles. The van der Waals surface area contributed by atoms with Gasteiger partial charge in [0.1, 0.15) is 5.75 Å². The topological polar surface area (TPSA) is 35.5 Å². The van der Waals surface area contributed by atoms with Crippen LogP contribution in [0.2, 0.25) is 0 Å². The number of esters is 1. The van der Waals surface area contributed by atoms with E-state index in [0.29, 0.717) is 0 Å². The van der Waals surface area contributed by atoms with Crippen LogP contribution < -0.4 is 4.74 Å². The maximum absolute atomic E-state index is 11.1. The van der Waals surface area contributed by atoms with Crippen LogP contribution in [0.5, 0.6) is 5.75 Å². The normalized spacial score (nSPS) is 11.7. The second-order valence-electron chi connectivity index (χ2n) is 4.41. The Morgan fingerprint density at radius 2 is 1.90 bits per heavy atom. The van der Waals surface area contributed by atoms with Crippen LogP contribution in [0.25, 0.3) is 5.57 Å². The number of allylic oxidation sites excluding steroid dienone is 3. The van der Waals surface area contributed by atoms with Crippen molar-refractivity contribution in [2.75, 3.05) is 14.2 Å². The van der Waals surface area contributed by atoms with E-state index < -0.39 is 0 Å². The minimum atomic E-state index is -0.342. The molecule has 20 heavy (non-hydrogen) atoms. The molecule has 1 aromatic carbocycles. The number of benzene rings is 1. The first-order valence-corrected chi connectivity index (χ1v) is 6.80. The largest absolute Gasteiger partial charge is 0.497 e. The summed E-state index contributed by atoms with van der Waals surface area (Å²) in [7, 11) is 3.03. The Bertz CT molecular complexity index is 470. The molecule has 0 saturated carbocycles. The molecule has 0 bridgehead atoms. The van der Waals surface area contributed by atoms with Crippen LogP contribution in [0.3, 0.4) is 0 Å². The van der Waals surface area contributed by atoms with E-state index in [1.54, 1.807) is 13.2 Å².